The Balaban J connectivity index is 1.79. The minimum absolute atomic E-state index is 0.174. The third kappa shape index (κ3) is 5.32. The van der Waals surface area contributed by atoms with Crippen LogP contribution in [0.4, 0.5) is 4.39 Å². The van der Waals surface area contributed by atoms with Crippen LogP contribution >= 0.6 is 0 Å². The van der Waals surface area contributed by atoms with Crippen LogP contribution in [0.25, 0.3) is 0 Å². The van der Waals surface area contributed by atoms with Crippen LogP contribution in [0.2, 0.25) is 0 Å². The number of hydrogen-bond donors (Lipinski definition) is 1. The standard InChI is InChI=1S/C23H27FN2O5/c1-29-11-9-23(25-21(27)16-4-6-18(24)7-5-16)8-10-26(15-23)22(28)17-12-19(30-2)14-20(13-17)31-3/h4-7,12-14H,8-11,15H2,1-3H3,(H,25,27). The molecule has 0 bridgehead atoms. The zero-order valence-corrected chi connectivity index (χ0v) is 17.9. The van der Waals surface area contributed by atoms with Crippen molar-refractivity contribution in [2.24, 2.45) is 0 Å². The normalized spacial score (nSPS) is 18.0. The fraction of sp³-hybridized carbons (Fsp3) is 0.391. The van der Waals surface area contributed by atoms with Crippen molar-refractivity contribution in [2.75, 3.05) is 41.0 Å². The Morgan fingerprint density at radius 3 is 2.26 bits per heavy atom. The SMILES string of the molecule is COCCC1(NC(=O)c2ccc(F)cc2)CCN(C(=O)c2cc(OC)cc(OC)c2)C1. The van der Waals surface area contributed by atoms with Gasteiger partial charge in [-0.05, 0) is 49.2 Å². The Morgan fingerprint density at radius 1 is 1.03 bits per heavy atom. The minimum Gasteiger partial charge on any atom is -0.497 e. The van der Waals surface area contributed by atoms with Crippen LogP contribution < -0.4 is 14.8 Å². The van der Waals surface area contributed by atoms with E-state index in [1.54, 1.807) is 30.2 Å². The molecule has 0 spiro atoms. The van der Waals surface area contributed by atoms with Gasteiger partial charge in [0, 0.05) is 44.0 Å². The average Bonchev–Trinajstić information content (AvgIpc) is 3.21. The number of carbonyl (C=O) groups is 2. The Morgan fingerprint density at radius 2 is 1.68 bits per heavy atom. The molecule has 7 nitrogen and oxygen atoms in total. The number of likely N-dealkylation sites (tertiary alicyclic amines) is 1. The van der Waals surface area contributed by atoms with E-state index in [-0.39, 0.29) is 11.8 Å². The van der Waals surface area contributed by atoms with Crippen LogP contribution in [0, 0.1) is 5.82 Å². The van der Waals surface area contributed by atoms with E-state index in [1.807, 2.05) is 0 Å². The lowest BCUT2D eigenvalue weighted by Crippen LogP contribution is -2.51. The van der Waals surface area contributed by atoms with Crippen molar-refractivity contribution in [2.45, 2.75) is 18.4 Å². The maximum atomic E-state index is 13.2. The molecule has 0 saturated carbocycles. The summed E-state index contributed by atoms with van der Waals surface area (Å²) in [4.78, 5) is 27.7. The summed E-state index contributed by atoms with van der Waals surface area (Å²) in [5.74, 6) is 0.160. The summed E-state index contributed by atoms with van der Waals surface area (Å²) in [7, 11) is 4.65. The van der Waals surface area contributed by atoms with Crippen LogP contribution in [0.1, 0.15) is 33.6 Å². The van der Waals surface area contributed by atoms with Crippen LogP contribution in [0.15, 0.2) is 42.5 Å². The van der Waals surface area contributed by atoms with E-state index in [0.717, 1.165) is 0 Å². The van der Waals surface area contributed by atoms with Gasteiger partial charge in [-0.2, -0.15) is 0 Å². The van der Waals surface area contributed by atoms with Gasteiger partial charge >= 0.3 is 0 Å². The lowest BCUT2D eigenvalue weighted by atomic mass is 9.93. The van der Waals surface area contributed by atoms with Crippen molar-refractivity contribution in [3.63, 3.8) is 0 Å². The van der Waals surface area contributed by atoms with Gasteiger partial charge in [0.05, 0.1) is 19.8 Å². The van der Waals surface area contributed by atoms with Crippen molar-refractivity contribution < 1.29 is 28.2 Å². The summed E-state index contributed by atoms with van der Waals surface area (Å²) in [6.07, 6.45) is 1.12. The second-order valence-corrected chi connectivity index (χ2v) is 7.56. The van der Waals surface area contributed by atoms with Crippen molar-refractivity contribution in [1.82, 2.24) is 10.2 Å². The second kappa shape index (κ2) is 9.78. The van der Waals surface area contributed by atoms with Gasteiger partial charge in [0.1, 0.15) is 17.3 Å². The van der Waals surface area contributed by atoms with E-state index in [4.69, 9.17) is 14.2 Å². The van der Waals surface area contributed by atoms with Crippen molar-refractivity contribution >= 4 is 11.8 Å². The molecular formula is C23H27FN2O5. The minimum atomic E-state index is -0.639. The molecule has 1 aliphatic rings. The molecule has 2 aromatic rings. The number of halogens is 1. The molecule has 1 fully saturated rings. The highest BCUT2D eigenvalue weighted by molar-refractivity contribution is 5.96. The zero-order chi connectivity index (χ0) is 22.4. The van der Waals surface area contributed by atoms with Crippen LogP contribution in [-0.4, -0.2) is 63.3 Å². The molecule has 0 aliphatic carbocycles. The largest absolute Gasteiger partial charge is 0.497 e. The molecule has 3 rings (SSSR count). The number of nitrogens with zero attached hydrogens (tertiary/aromatic N) is 1. The van der Waals surface area contributed by atoms with Crippen LogP contribution in [-0.2, 0) is 4.74 Å². The molecule has 1 atom stereocenters. The van der Waals surface area contributed by atoms with E-state index in [0.29, 0.717) is 55.2 Å². The van der Waals surface area contributed by atoms with Gasteiger partial charge in [0.2, 0.25) is 0 Å². The van der Waals surface area contributed by atoms with E-state index in [9.17, 15) is 14.0 Å². The first-order valence-electron chi connectivity index (χ1n) is 9.99. The Bertz CT molecular complexity index is 912. The number of amides is 2. The number of hydrogen-bond acceptors (Lipinski definition) is 5. The summed E-state index contributed by atoms with van der Waals surface area (Å²) in [6.45, 7) is 1.24. The van der Waals surface area contributed by atoms with Crippen molar-refractivity contribution in [3.05, 3.63) is 59.4 Å². The van der Waals surface area contributed by atoms with Gasteiger partial charge in [0.25, 0.3) is 11.8 Å². The highest BCUT2D eigenvalue weighted by Gasteiger charge is 2.41. The molecule has 1 saturated heterocycles. The number of methoxy groups -OCH3 is 3. The number of nitrogens with one attached hydrogen (secondary N) is 1. The summed E-state index contributed by atoms with van der Waals surface area (Å²) in [6, 6.07) is 10.4. The molecule has 166 valence electrons. The molecule has 2 aromatic carbocycles. The predicted octanol–water partition coefficient (Wildman–Crippen LogP) is 2.89. The molecule has 2 amide bonds. The molecule has 0 radical (unpaired) electrons. The van der Waals surface area contributed by atoms with E-state index in [2.05, 4.69) is 5.32 Å². The zero-order valence-electron chi connectivity index (χ0n) is 17.9. The number of benzene rings is 2. The van der Waals surface area contributed by atoms with Gasteiger partial charge in [0.15, 0.2) is 0 Å². The summed E-state index contributed by atoms with van der Waals surface area (Å²) in [5, 5.41) is 3.06. The molecule has 31 heavy (non-hydrogen) atoms. The molecule has 1 aliphatic heterocycles. The second-order valence-electron chi connectivity index (χ2n) is 7.56. The van der Waals surface area contributed by atoms with Gasteiger partial charge < -0.3 is 24.4 Å². The van der Waals surface area contributed by atoms with Gasteiger partial charge in [-0.15, -0.1) is 0 Å². The van der Waals surface area contributed by atoms with E-state index >= 15 is 0 Å². The maximum Gasteiger partial charge on any atom is 0.254 e. The quantitative estimate of drug-likeness (QED) is 0.697. The highest BCUT2D eigenvalue weighted by atomic mass is 19.1. The Hall–Kier alpha value is -3.13. The van der Waals surface area contributed by atoms with Gasteiger partial charge in [-0.25, -0.2) is 4.39 Å². The molecule has 1 heterocycles. The maximum absolute atomic E-state index is 13.2. The average molecular weight is 430 g/mol. The summed E-state index contributed by atoms with van der Waals surface area (Å²) < 4.78 is 29.0. The van der Waals surface area contributed by atoms with E-state index < -0.39 is 11.4 Å². The number of rotatable bonds is 8. The van der Waals surface area contributed by atoms with Crippen LogP contribution in [0.5, 0.6) is 11.5 Å². The lowest BCUT2D eigenvalue weighted by molar-refractivity contribution is 0.0746. The third-order valence-electron chi connectivity index (χ3n) is 5.51. The van der Waals surface area contributed by atoms with E-state index in [1.165, 1.54) is 38.5 Å². The number of ether oxygens (including phenoxy) is 3. The van der Waals surface area contributed by atoms with Gasteiger partial charge in [-0.3, -0.25) is 9.59 Å². The molecule has 1 N–H and O–H groups in total. The van der Waals surface area contributed by atoms with Gasteiger partial charge in [-0.1, -0.05) is 0 Å². The molecule has 8 heteroatoms. The monoisotopic (exact) mass is 430 g/mol. The van der Waals surface area contributed by atoms with Crippen molar-refractivity contribution in [3.8, 4) is 11.5 Å². The first-order valence-corrected chi connectivity index (χ1v) is 9.99. The predicted molar refractivity (Wildman–Crippen MR) is 113 cm³/mol. The topological polar surface area (TPSA) is 77.1 Å². The first kappa shape index (κ1) is 22.6. The van der Waals surface area contributed by atoms with Crippen molar-refractivity contribution in [1.29, 1.82) is 0 Å². The molecule has 1 unspecified atom stereocenters. The lowest BCUT2D eigenvalue weighted by Gasteiger charge is -2.30. The number of carbonyl (C=O) groups excluding carboxylic acids is 2. The Kier molecular flexibility index (Phi) is 7.12. The van der Waals surface area contributed by atoms with Crippen LogP contribution in [0.3, 0.4) is 0 Å². The summed E-state index contributed by atoms with van der Waals surface area (Å²) >= 11 is 0. The Labute approximate surface area is 181 Å². The smallest absolute Gasteiger partial charge is 0.254 e. The third-order valence-corrected chi connectivity index (χ3v) is 5.51. The fourth-order valence-electron chi connectivity index (χ4n) is 3.74. The molecular weight excluding hydrogens is 403 g/mol. The summed E-state index contributed by atoms with van der Waals surface area (Å²) in [5.41, 5.74) is 0.171. The highest BCUT2D eigenvalue weighted by Crippen LogP contribution is 2.29. The fourth-order valence-corrected chi connectivity index (χ4v) is 3.74. The first-order chi connectivity index (χ1) is 14.9. The molecule has 0 aromatic heterocycles.